The molecule has 326 valence electrons. The number of fused-ring (bicyclic) bond motifs is 6. The van der Waals surface area contributed by atoms with E-state index in [4.69, 9.17) is 25.8 Å². The highest BCUT2D eigenvalue weighted by molar-refractivity contribution is 6.30. The number of nitrogens with zero attached hydrogens (tertiary/aromatic N) is 6. The number of benzene rings is 4. The molecule has 4 aromatic carbocycles. The number of anilines is 1. The van der Waals surface area contributed by atoms with Crippen molar-refractivity contribution in [2.75, 3.05) is 19.6 Å². The summed E-state index contributed by atoms with van der Waals surface area (Å²) in [6.07, 6.45) is 3.42. The van der Waals surface area contributed by atoms with Crippen molar-refractivity contribution in [3.05, 3.63) is 161 Å². The number of carbonyl (C=O) groups excluding carboxylic acids is 2. The van der Waals surface area contributed by atoms with E-state index in [0.717, 1.165) is 9.58 Å². The highest BCUT2D eigenvalue weighted by Crippen LogP contribution is 2.61. The standard InChI is InChI=1S/C46H39ClFN7O9/c1-51-36-22-39(63-3)38(62-2)21-34(36)49-33(42(51)58)15-16-52-44(60)53-17-14-31-35(55(53)45(52)61)20-32-41(57)54(50-29-10-8-28(48)9-11-29)43(59)46(32,26-4-6-27(47)7-5-26)40(31)25-18-24-19-30(56)12-13-37(24)64-23-25/h4-14,19,21-23,32,35,40,50,56H,15-18,20H2,1-3H3/t32-,35+,40-,46+/m0/s1. The van der Waals surface area contributed by atoms with Crippen LogP contribution in [-0.4, -0.2) is 59.6 Å². The maximum absolute atomic E-state index is 15.5. The first-order valence-electron chi connectivity index (χ1n) is 20.4. The number of phenols is 1. The van der Waals surface area contributed by atoms with Crippen LogP contribution in [0.5, 0.6) is 23.0 Å². The number of phenolic OH excluding ortho intramolecular Hbond substituents is 1. The van der Waals surface area contributed by atoms with Gasteiger partial charge in [-0.15, -0.1) is 0 Å². The molecule has 2 amide bonds. The number of imide groups is 1. The van der Waals surface area contributed by atoms with Gasteiger partial charge in [0.1, 0.15) is 23.0 Å². The molecule has 2 aromatic heterocycles. The van der Waals surface area contributed by atoms with Crippen molar-refractivity contribution in [2.24, 2.45) is 18.9 Å². The fraction of sp³-hybridized carbons (Fsp3) is 0.261. The van der Waals surface area contributed by atoms with Gasteiger partial charge in [0.15, 0.2) is 11.5 Å². The normalized spacial score (nSPS) is 21.0. The zero-order valence-corrected chi connectivity index (χ0v) is 35.3. The van der Waals surface area contributed by atoms with Crippen molar-refractivity contribution in [1.82, 2.24) is 28.5 Å². The molecule has 2 fully saturated rings. The number of aryl methyl sites for hydroxylation is 2. The fourth-order valence-corrected chi connectivity index (χ4v) is 10.2. The maximum atomic E-state index is 15.5. The molecule has 4 aliphatic rings. The summed E-state index contributed by atoms with van der Waals surface area (Å²) >= 11 is 6.42. The van der Waals surface area contributed by atoms with E-state index >= 15 is 4.79 Å². The van der Waals surface area contributed by atoms with Gasteiger partial charge in [0.2, 0.25) is 0 Å². The lowest BCUT2D eigenvalue weighted by atomic mass is 9.52. The van der Waals surface area contributed by atoms with Gasteiger partial charge in [0, 0.05) is 55.1 Å². The molecule has 16 nitrogen and oxygen atoms in total. The van der Waals surface area contributed by atoms with Crippen LogP contribution in [0.3, 0.4) is 0 Å². The van der Waals surface area contributed by atoms with Gasteiger partial charge in [-0.3, -0.25) is 19.8 Å². The summed E-state index contributed by atoms with van der Waals surface area (Å²) in [5.74, 6) is -2.48. The molecule has 1 aliphatic carbocycles. The highest BCUT2D eigenvalue weighted by atomic mass is 35.5. The van der Waals surface area contributed by atoms with Crippen molar-refractivity contribution in [3.8, 4) is 23.0 Å². The van der Waals surface area contributed by atoms with Crippen LogP contribution in [0, 0.1) is 17.7 Å². The summed E-state index contributed by atoms with van der Waals surface area (Å²) in [6, 6.07) is 19.0. The second-order valence-corrected chi connectivity index (χ2v) is 16.6. The third kappa shape index (κ3) is 6.08. The molecule has 64 heavy (non-hydrogen) atoms. The van der Waals surface area contributed by atoms with Gasteiger partial charge in [-0.1, -0.05) is 29.8 Å². The number of ether oxygens (including phenoxy) is 3. The van der Waals surface area contributed by atoms with Crippen LogP contribution in [0.2, 0.25) is 5.02 Å². The Labute approximate surface area is 367 Å². The zero-order chi connectivity index (χ0) is 44.8. The van der Waals surface area contributed by atoms with Crippen molar-refractivity contribution >= 4 is 40.1 Å². The topological polar surface area (TPSA) is 181 Å². The molecule has 1 saturated carbocycles. The van der Waals surface area contributed by atoms with Gasteiger partial charge in [0.05, 0.1) is 61.1 Å². The second-order valence-electron chi connectivity index (χ2n) is 16.2. The molecular formula is C46H39ClFN7O9. The van der Waals surface area contributed by atoms with E-state index in [2.05, 4.69) is 10.4 Å². The Morgan fingerprint density at radius 1 is 0.953 bits per heavy atom. The number of methoxy groups -OCH3 is 2. The smallest absolute Gasteiger partial charge is 0.347 e. The van der Waals surface area contributed by atoms with Crippen LogP contribution in [0.4, 0.5) is 10.1 Å². The fourth-order valence-electron chi connectivity index (χ4n) is 10.1. The molecule has 0 unspecified atom stereocenters. The summed E-state index contributed by atoms with van der Waals surface area (Å²) < 4.78 is 36.2. The molecule has 2 N–H and O–H groups in total. The lowest BCUT2D eigenvalue weighted by Crippen LogP contribution is -2.55. The van der Waals surface area contributed by atoms with Crippen LogP contribution < -0.4 is 36.6 Å². The van der Waals surface area contributed by atoms with Crippen molar-refractivity contribution in [3.63, 3.8) is 0 Å². The molecule has 10 rings (SSSR count). The van der Waals surface area contributed by atoms with Crippen molar-refractivity contribution < 1.29 is 33.3 Å². The van der Waals surface area contributed by atoms with Gasteiger partial charge < -0.3 is 23.9 Å². The highest BCUT2D eigenvalue weighted by Gasteiger charge is 2.69. The van der Waals surface area contributed by atoms with E-state index in [1.165, 1.54) is 58.5 Å². The van der Waals surface area contributed by atoms with E-state index in [1.807, 2.05) is 6.08 Å². The Morgan fingerprint density at radius 2 is 1.69 bits per heavy atom. The predicted octanol–water partition coefficient (Wildman–Crippen LogP) is 4.79. The minimum atomic E-state index is -1.65. The van der Waals surface area contributed by atoms with Crippen molar-refractivity contribution in [2.45, 2.75) is 43.8 Å². The largest absolute Gasteiger partial charge is 0.508 e. The van der Waals surface area contributed by atoms with Crippen LogP contribution in [0.25, 0.3) is 11.0 Å². The van der Waals surface area contributed by atoms with E-state index in [9.17, 15) is 28.7 Å². The number of hydrogen-bond donors (Lipinski definition) is 2. The van der Waals surface area contributed by atoms with E-state index < -0.39 is 57.9 Å². The summed E-state index contributed by atoms with van der Waals surface area (Å²) in [5, 5.41) is 11.9. The number of rotatable bonds is 9. The first kappa shape index (κ1) is 40.7. The minimum Gasteiger partial charge on any atom is -0.508 e. The second kappa shape index (κ2) is 15.1. The third-order valence-electron chi connectivity index (χ3n) is 13.0. The minimum absolute atomic E-state index is 0.00250. The summed E-state index contributed by atoms with van der Waals surface area (Å²) in [6.45, 7) is -0.255. The van der Waals surface area contributed by atoms with Crippen LogP contribution in [0.15, 0.2) is 117 Å². The molecule has 1 saturated heterocycles. The molecule has 3 aliphatic heterocycles. The number of nitrogens with one attached hydrogen (secondary N) is 1. The molecule has 0 radical (unpaired) electrons. The molecular weight excluding hydrogens is 849 g/mol. The van der Waals surface area contributed by atoms with Gasteiger partial charge in [-0.2, -0.15) is 5.01 Å². The number of allylic oxidation sites excluding steroid dienone is 3. The van der Waals surface area contributed by atoms with Gasteiger partial charge in [0.25, 0.3) is 17.4 Å². The van der Waals surface area contributed by atoms with Crippen LogP contribution in [0.1, 0.15) is 29.3 Å². The lowest BCUT2D eigenvalue weighted by molar-refractivity contribution is -0.138. The summed E-state index contributed by atoms with van der Waals surface area (Å²) in [7, 11) is 4.56. The molecule has 5 heterocycles. The number of hydrazine groups is 1. The van der Waals surface area contributed by atoms with E-state index in [-0.39, 0.29) is 49.5 Å². The van der Waals surface area contributed by atoms with E-state index in [1.54, 1.807) is 61.8 Å². The van der Waals surface area contributed by atoms with Crippen LogP contribution >= 0.6 is 11.6 Å². The SMILES string of the molecule is COc1cc2nc(CCn3c(=O)n4n(c3=O)[C@@H]3C[C@H]5C(=O)N(Nc6ccc(F)cc6)C(=O)[C@@]5(c5ccc(Cl)cc5)[C@@H](C5=COc6ccc(O)cc6C5)C3=CC4)c(=O)n(C)c2cc1OC. The number of aromatic hydroxyl groups is 1. The van der Waals surface area contributed by atoms with Crippen LogP contribution in [-0.2, 0) is 48.0 Å². The third-order valence-corrected chi connectivity index (χ3v) is 13.2. The Kier molecular flexibility index (Phi) is 9.62. The monoisotopic (exact) mass is 887 g/mol. The number of amides is 2. The van der Waals surface area contributed by atoms with Gasteiger partial charge in [-0.25, -0.2) is 32.9 Å². The zero-order valence-electron chi connectivity index (χ0n) is 34.6. The first-order valence-corrected chi connectivity index (χ1v) is 20.8. The van der Waals surface area contributed by atoms with E-state index in [0.29, 0.717) is 55.6 Å². The maximum Gasteiger partial charge on any atom is 0.347 e. The number of hydrogen-bond acceptors (Lipinski definition) is 11. The number of halogens is 2. The Bertz CT molecular complexity index is 3210. The summed E-state index contributed by atoms with van der Waals surface area (Å²) in [5.41, 5.74) is 3.17. The Hall–Kier alpha value is -7.40. The molecule has 4 atom stereocenters. The number of carbonyl (C=O) groups is 2. The molecule has 6 aromatic rings. The van der Waals surface area contributed by atoms with Gasteiger partial charge >= 0.3 is 11.4 Å². The lowest BCUT2D eigenvalue weighted by Gasteiger charge is -2.49. The Balaban J connectivity index is 1.10. The quantitative estimate of drug-likeness (QED) is 0.151. The summed E-state index contributed by atoms with van der Waals surface area (Å²) in [4.78, 5) is 77.7. The molecule has 0 bridgehead atoms. The van der Waals surface area contributed by atoms with Crippen molar-refractivity contribution in [1.29, 1.82) is 0 Å². The first-order chi connectivity index (χ1) is 30.8. The average Bonchev–Trinajstić information content (AvgIpc) is 3.67. The molecule has 0 spiro atoms. The Morgan fingerprint density at radius 3 is 2.42 bits per heavy atom. The predicted molar refractivity (Wildman–Crippen MR) is 231 cm³/mol. The number of aromatic nitrogens is 5. The van der Waals surface area contributed by atoms with Gasteiger partial charge in [-0.05, 0) is 77.7 Å². The average molecular weight is 888 g/mol. The molecule has 18 heteroatoms.